The van der Waals surface area contributed by atoms with E-state index in [9.17, 15) is 9.18 Å². The lowest BCUT2D eigenvalue weighted by Crippen LogP contribution is -2.10. The molecule has 2 nitrogen and oxygen atoms in total. The maximum atomic E-state index is 13.2. The molecule has 14 heavy (non-hydrogen) atoms. The molecule has 1 rings (SSSR count). The topological polar surface area (TPSA) is 43.1 Å². The van der Waals surface area contributed by atoms with E-state index in [0.29, 0.717) is 4.47 Å². The van der Waals surface area contributed by atoms with Crippen molar-refractivity contribution in [3.8, 4) is 0 Å². The van der Waals surface area contributed by atoms with Crippen LogP contribution in [0.3, 0.4) is 0 Å². The first kappa shape index (κ1) is 11.6. The van der Waals surface area contributed by atoms with Gasteiger partial charge >= 0.3 is 0 Å². The molecule has 0 amide bonds. The summed E-state index contributed by atoms with van der Waals surface area (Å²) in [6.07, 6.45) is 0.0904. The van der Waals surface area contributed by atoms with Crippen LogP contribution in [0.15, 0.2) is 16.6 Å². The molecule has 1 aromatic carbocycles. The average Bonchev–Trinajstić information content (AvgIpc) is 2.13. The van der Waals surface area contributed by atoms with Gasteiger partial charge in [-0.3, -0.25) is 4.79 Å². The van der Waals surface area contributed by atoms with Crippen LogP contribution in [-0.4, -0.2) is 12.3 Å². The molecule has 0 saturated carbocycles. The Hall–Kier alpha value is -0.450. The minimum Gasteiger partial charge on any atom is -0.330 e. The first-order valence-corrected chi connectivity index (χ1v) is 5.11. The Morgan fingerprint density at radius 2 is 2.21 bits per heavy atom. The number of nitrogens with two attached hydrogens (primary N) is 1. The third kappa shape index (κ3) is 2.32. The van der Waals surface area contributed by atoms with Crippen LogP contribution in [0.2, 0.25) is 5.02 Å². The van der Waals surface area contributed by atoms with E-state index >= 15 is 0 Å². The monoisotopic (exact) mass is 279 g/mol. The van der Waals surface area contributed by atoms with Gasteiger partial charge in [0, 0.05) is 10.9 Å². The van der Waals surface area contributed by atoms with E-state index in [-0.39, 0.29) is 29.3 Å². The Balaban J connectivity index is 3.18. The van der Waals surface area contributed by atoms with E-state index in [0.717, 1.165) is 0 Å². The second-order valence-corrected chi connectivity index (χ2v) is 3.91. The Kier molecular flexibility index (Phi) is 4.04. The van der Waals surface area contributed by atoms with Crippen molar-refractivity contribution in [3.63, 3.8) is 0 Å². The van der Waals surface area contributed by atoms with Crippen molar-refractivity contribution in [2.45, 2.75) is 6.42 Å². The van der Waals surface area contributed by atoms with Gasteiger partial charge in [-0.15, -0.1) is 0 Å². The molecule has 1 aromatic rings. The molecule has 0 aliphatic heterocycles. The summed E-state index contributed by atoms with van der Waals surface area (Å²) >= 11 is 8.90. The molecular formula is C9H8BrClFNO. The summed E-state index contributed by atoms with van der Waals surface area (Å²) in [5, 5.41) is 0.100. The highest BCUT2D eigenvalue weighted by Gasteiger charge is 2.17. The zero-order valence-corrected chi connectivity index (χ0v) is 9.53. The molecule has 76 valence electrons. The molecule has 0 heterocycles. The predicted molar refractivity (Wildman–Crippen MR) is 57.1 cm³/mol. The highest BCUT2D eigenvalue weighted by atomic mass is 79.9. The molecule has 0 radical (unpaired) electrons. The van der Waals surface area contributed by atoms with Crippen molar-refractivity contribution in [2.24, 2.45) is 5.73 Å². The number of carbonyl (C=O) groups is 1. The fourth-order valence-corrected chi connectivity index (χ4v) is 1.63. The van der Waals surface area contributed by atoms with Gasteiger partial charge in [-0.25, -0.2) is 4.39 Å². The van der Waals surface area contributed by atoms with E-state index in [1.807, 2.05) is 0 Å². The van der Waals surface area contributed by atoms with Crippen molar-refractivity contribution in [3.05, 3.63) is 33.0 Å². The van der Waals surface area contributed by atoms with Gasteiger partial charge in [0.2, 0.25) is 0 Å². The fraction of sp³-hybridized carbons (Fsp3) is 0.222. The largest absolute Gasteiger partial charge is 0.330 e. The number of hydrogen-bond donors (Lipinski definition) is 1. The minimum atomic E-state index is -0.614. The summed E-state index contributed by atoms with van der Waals surface area (Å²) in [7, 11) is 0. The van der Waals surface area contributed by atoms with E-state index < -0.39 is 5.82 Å². The Morgan fingerprint density at radius 1 is 1.57 bits per heavy atom. The standard InChI is InChI=1S/C9H8BrClFNO/c10-5-1-2-6(12)8(9(5)11)7(14)3-4-13/h1-2H,3-4,13H2. The highest BCUT2D eigenvalue weighted by molar-refractivity contribution is 9.10. The van der Waals surface area contributed by atoms with E-state index in [1.54, 1.807) is 0 Å². The highest BCUT2D eigenvalue weighted by Crippen LogP contribution is 2.28. The lowest BCUT2D eigenvalue weighted by atomic mass is 10.1. The molecule has 2 N–H and O–H groups in total. The van der Waals surface area contributed by atoms with Crippen LogP contribution in [0.5, 0.6) is 0 Å². The summed E-state index contributed by atoms with van der Waals surface area (Å²) in [6, 6.07) is 2.65. The summed E-state index contributed by atoms with van der Waals surface area (Å²) in [6.45, 7) is 0.182. The van der Waals surface area contributed by atoms with Gasteiger partial charge in [-0.1, -0.05) is 11.6 Å². The number of Topliss-reactive ketones (excluding diaryl/α,β-unsaturated/α-hetero) is 1. The van der Waals surface area contributed by atoms with Crippen molar-refractivity contribution < 1.29 is 9.18 Å². The van der Waals surface area contributed by atoms with Gasteiger partial charge in [0.25, 0.3) is 0 Å². The maximum absolute atomic E-state index is 13.2. The van der Waals surface area contributed by atoms with E-state index in [2.05, 4.69) is 15.9 Å². The van der Waals surface area contributed by atoms with Crippen LogP contribution in [-0.2, 0) is 0 Å². The third-order valence-corrected chi connectivity index (χ3v) is 2.98. The van der Waals surface area contributed by atoms with Crippen LogP contribution in [0.25, 0.3) is 0 Å². The van der Waals surface area contributed by atoms with Crippen molar-refractivity contribution in [1.29, 1.82) is 0 Å². The van der Waals surface area contributed by atoms with Crippen LogP contribution in [0.1, 0.15) is 16.8 Å². The number of hydrogen-bond acceptors (Lipinski definition) is 2. The van der Waals surface area contributed by atoms with Crippen LogP contribution < -0.4 is 5.73 Å². The number of halogens is 3. The van der Waals surface area contributed by atoms with Crippen LogP contribution in [0, 0.1) is 5.82 Å². The lowest BCUT2D eigenvalue weighted by molar-refractivity contribution is 0.0981. The average molecular weight is 281 g/mol. The summed E-state index contributed by atoms with van der Waals surface area (Å²) in [5.74, 6) is -0.993. The number of benzene rings is 1. The van der Waals surface area contributed by atoms with Gasteiger partial charge in [0.15, 0.2) is 5.78 Å². The molecule has 0 aliphatic carbocycles. The molecule has 0 unspecified atom stereocenters. The minimum absolute atomic E-state index is 0.0904. The second-order valence-electron chi connectivity index (χ2n) is 2.68. The van der Waals surface area contributed by atoms with Gasteiger partial charge in [-0.2, -0.15) is 0 Å². The van der Waals surface area contributed by atoms with Gasteiger partial charge in [-0.05, 0) is 34.6 Å². The molecule has 0 spiro atoms. The van der Waals surface area contributed by atoms with Crippen molar-refractivity contribution in [1.82, 2.24) is 0 Å². The summed E-state index contributed by atoms with van der Waals surface area (Å²) in [4.78, 5) is 11.4. The quantitative estimate of drug-likeness (QED) is 0.683. The Labute approximate surface area is 94.4 Å². The molecule has 0 bridgehead atoms. The van der Waals surface area contributed by atoms with Gasteiger partial charge in [0.05, 0.1) is 10.6 Å². The third-order valence-electron chi connectivity index (χ3n) is 1.69. The second kappa shape index (κ2) is 4.87. The van der Waals surface area contributed by atoms with Crippen LogP contribution in [0.4, 0.5) is 4.39 Å². The molecule has 0 saturated heterocycles. The Morgan fingerprint density at radius 3 is 2.79 bits per heavy atom. The summed E-state index contributed by atoms with van der Waals surface area (Å²) < 4.78 is 13.7. The number of ketones is 1. The van der Waals surface area contributed by atoms with Gasteiger partial charge in [0.1, 0.15) is 5.82 Å². The van der Waals surface area contributed by atoms with Crippen molar-refractivity contribution in [2.75, 3.05) is 6.54 Å². The molecule has 0 aromatic heterocycles. The maximum Gasteiger partial charge on any atom is 0.168 e. The molecule has 5 heteroatoms. The van der Waals surface area contributed by atoms with E-state index in [4.69, 9.17) is 17.3 Å². The van der Waals surface area contributed by atoms with E-state index in [1.165, 1.54) is 12.1 Å². The predicted octanol–water partition coefficient (Wildman–Crippen LogP) is 2.77. The molecule has 0 aliphatic rings. The Bertz CT molecular complexity index is 370. The number of rotatable bonds is 3. The molecular weight excluding hydrogens is 272 g/mol. The van der Waals surface area contributed by atoms with Crippen LogP contribution >= 0.6 is 27.5 Å². The lowest BCUT2D eigenvalue weighted by Gasteiger charge is -2.05. The van der Waals surface area contributed by atoms with Crippen molar-refractivity contribution >= 4 is 33.3 Å². The first-order valence-electron chi connectivity index (χ1n) is 3.94. The molecule has 0 fully saturated rings. The van der Waals surface area contributed by atoms with Gasteiger partial charge < -0.3 is 5.73 Å². The SMILES string of the molecule is NCCC(=O)c1c(F)ccc(Br)c1Cl. The normalized spacial score (nSPS) is 10.3. The smallest absolute Gasteiger partial charge is 0.168 e. The zero-order valence-electron chi connectivity index (χ0n) is 7.19. The number of carbonyl (C=O) groups excluding carboxylic acids is 1. The molecule has 0 atom stereocenters. The zero-order chi connectivity index (χ0) is 10.7. The summed E-state index contributed by atoms with van der Waals surface area (Å²) in [5.41, 5.74) is 5.12. The first-order chi connectivity index (χ1) is 6.57. The fourth-order valence-electron chi connectivity index (χ4n) is 1.04.